The molecular weight excluding hydrogens is 733 g/mol. The lowest BCUT2D eigenvalue weighted by atomic mass is 9.94. The van der Waals surface area contributed by atoms with Crippen molar-refractivity contribution < 1.29 is 24.2 Å². The zero-order chi connectivity index (χ0) is 43.3. The van der Waals surface area contributed by atoms with Gasteiger partial charge < -0.3 is 19.9 Å². The Morgan fingerprint density at radius 3 is 1.41 bits per heavy atom. The highest BCUT2D eigenvalue weighted by atomic mass is 16.5. The van der Waals surface area contributed by atoms with Gasteiger partial charge in [-0.05, 0) is 83.0 Å². The summed E-state index contributed by atoms with van der Waals surface area (Å²) in [5.41, 5.74) is 0. The van der Waals surface area contributed by atoms with Crippen LogP contribution < -0.4 is 5.32 Å². The number of nitrogens with zero attached hydrogens (tertiary/aromatic N) is 1. The average molecular weight is 833 g/mol. The van der Waals surface area contributed by atoms with Crippen LogP contribution >= 0.6 is 0 Å². The number of rotatable bonds is 46. The number of unbranched alkanes of at least 4 members (excludes halogenated alkanes) is 20. The van der Waals surface area contributed by atoms with E-state index in [2.05, 4.69) is 57.0 Å². The quantitative estimate of drug-likeness (QED) is 0.0359. The molecule has 7 nitrogen and oxygen atoms in total. The first-order chi connectivity index (χ1) is 28.9. The van der Waals surface area contributed by atoms with E-state index in [0.717, 1.165) is 116 Å². The topological polar surface area (TPSA) is 88.1 Å². The van der Waals surface area contributed by atoms with E-state index < -0.39 is 6.10 Å². The van der Waals surface area contributed by atoms with Crippen LogP contribution in [0.1, 0.15) is 240 Å². The highest BCUT2D eigenvalue weighted by Gasteiger charge is 2.21. The molecule has 0 aliphatic heterocycles. The molecule has 0 radical (unpaired) electrons. The van der Waals surface area contributed by atoms with Gasteiger partial charge in [-0.3, -0.25) is 14.5 Å². The molecular formula is C52H100N2O5. The van der Waals surface area contributed by atoms with E-state index in [1.54, 1.807) is 0 Å². The van der Waals surface area contributed by atoms with Crippen LogP contribution in [0.4, 0.5) is 0 Å². The molecule has 0 saturated heterocycles. The number of aliphatic hydroxyl groups excluding tert-OH is 1. The molecule has 59 heavy (non-hydrogen) atoms. The molecule has 0 spiro atoms. The lowest BCUT2D eigenvalue weighted by Gasteiger charge is -2.25. The Hall–Kier alpha value is -1.86. The second-order valence-corrected chi connectivity index (χ2v) is 17.6. The Bertz CT molecular complexity index is 955. The summed E-state index contributed by atoms with van der Waals surface area (Å²) in [5.74, 6) is 0.134. The maximum Gasteiger partial charge on any atom is 0.308 e. The summed E-state index contributed by atoms with van der Waals surface area (Å²) in [5, 5.41) is 14.4. The normalized spacial score (nSPS) is 13.4. The Morgan fingerprint density at radius 2 is 0.915 bits per heavy atom. The van der Waals surface area contributed by atoms with Gasteiger partial charge in [-0.1, -0.05) is 188 Å². The van der Waals surface area contributed by atoms with E-state index in [4.69, 9.17) is 9.47 Å². The first-order valence-electron chi connectivity index (χ1n) is 25.7. The molecule has 0 rings (SSSR count). The van der Waals surface area contributed by atoms with Crippen molar-refractivity contribution in [2.45, 2.75) is 246 Å². The van der Waals surface area contributed by atoms with Crippen molar-refractivity contribution in [2.75, 3.05) is 39.4 Å². The van der Waals surface area contributed by atoms with E-state index in [1.807, 2.05) is 12.3 Å². The lowest BCUT2D eigenvalue weighted by molar-refractivity contribution is -0.150. The number of esters is 2. The predicted molar refractivity (Wildman–Crippen MR) is 254 cm³/mol. The van der Waals surface area contributed by atoms with Crippen LogP contribution in [0.15, 0.2) is 24.4 Å². The number of hydrogen-bond donors (Lipinski definition) is 2. The Labute approximate surface area is 367 Å². The molecule has 7 heteroatoms. The minimum absolute atomic E-state index is 0.00262. The second-order valence-electron chi connectivity index (χ2n) is 17.6. The van der Waals surface area contributed by atoms with Gasteiger partial charge in [0.05, 0.1) is 31.2 Å². The van der Waals surface area contributed by atoms with Crippen molar-refractivity contribution in [2.24, 2.45) is 11.8 Å². The summed E-state index contributed by atoms with van der Waals surface area (Å²) in [6, 6.07) is 0. The Morgan fingerprint density at radius 1 is 0.508 bits per heavy atom. The van der Waals surface area contributed by atoms with Crippen LogP contribution in [0, 0.1) is 11.8 Å². The number of allylic oxidation sites excluding steroid dienone is 3. The summed E-state index contributed by atoms with van der Waals surface area (Å²) in [7, 11) is 0. The van der Waals surface area contributed by atoms with Gasteiger partial charge in [0.15, 0.2) is 0 Å². The Kier molecular flexibility index (Phi) is 44.2. The summed E-state index contributed by atoms with van der Waals surface area (Å²) in [6.07, 6.45) is 43.8. The highest BCUT2D eigenvalue weighted by molar-refractivity contribution is 5.72. The van der Waals surface area contributed by atoms with Crippen molar-refractivity contribution in [1.82, 2.24) is 10.2 Å². The largest absolute Gasteiger partial charge is 0.465 e. The summed E-state index contributed by atoms with van der Waals surface area (Å²) in [6.45, 7) is 15.4. The van der Waals surface area contributed by atoms with Gasteiger partial charge in [0.1, 0.15) is 0 Å². The molecule has 3 atom stereocenters. The van der Waals surface area contributed by atoms with E-state index >= 15 is 0 Å². The highest BCUT2D eigenvalue weighted by Crippen LogP contribution is 2.22. The maximum absolute atomic E-state index is 13.1. The van der Waals surface area contributed by atoms with Crippen LogP contribution in [0.25, 0.3) is 0 Å². The molecule has 0 aromatic carbocycles. The zero-order valence-corrected chi connectivity index (χ0v) is 39.9. The van der Waals surface area contributed by atoms with Crippen molar-refractivity contribution in [3.05, 3.63) is 24.4 Å². The number of ether oxygens (including phenoxy) is 2. The third-order valence-corrected chi connectivity index (χ3v) is 11.8. The van der Waals surface area contributed by atoms with E-state index in [-0.39, 0.29) is 23.8 Å². The third kappa shape index (κ3) is 38.8. The van der Waals surface area contributed by atoms with Crippen molar-refractivity contribution in [1.29, 1.82) is 0 Å². The van der Waals surface area contributed by atoms with Gasteiger partial charge >= 0.3 is 11.9 Å². The maximum atomic E-state index is 13.1. The molecule has 0 aliphatic carbocycles. The fourth-order valence-corrected chi connectivity index (χ4v) is 7.92. The number of nitrogens with one attached hydrogen (secondary N) is 1. The molecule has 0 heterocycles. The molecule has 0 saturated carbocycles. The van der Waals surface area contributed by atoms with E-state index in [0.29, 0.717) is 26.2 Å². The van der Waals surface area contributed by atoms with Gasteiger partial charge in [-0.2, -0.15) is 0 Å². The van der Waals surface area contributed by atoms with Crippen molar-refractivity contribution in [3.63, 3.8) is 0 Å². The first-order valence-corrected chi connectivity index (χ1v) is 25.7. The number of carbonyl (C=O) groups is 2. The number of carbonyl (C=O) groups excluding carboxylic acids is 2. The van der Waals surface area contributed by atoms with Gasteiger partial charge in [0.25, 0.3) is 0 Å². The van der Waals surface area contributed by atoms with Crippen LogP contribution in [0.3, 0.4) is 0 Å². The molecule has 0 amide bonds. The van der Waals surface area contributed by atoms with Crippen LogP contribution in [-0.4, -0.2) is 67.4 Å². The van der Waals surface area contributed by atoms with Gasteiger partial charge in [-0.15, -0.1) is 0 Å². The van der Waals surface area contributed by atoms with Crippen molar-refractivity contribution in [3.8, 4) is 0 Å². The minimum atomic E-state index is -0.404. The molecule has 2 N–H and O–H groups in total. The lowest BCUT2D eigenvalue weighted by Crippen LogP contribution is -2.37. The average Bonchev–Trinajstić information content (AvgIpc) is 3.23. The van der Waals surface area contributed by atoms with Gasteiger partial charge in [0, 0.05) is 19.6 Å². The Balaban J connectivity index is 4.74. The monoisotopic (exact) mass is 833 g/mol. The molecule has 0 aromatic rings. The van der Waals surface area contributed by atoms with Crippen LogP contribution in [-0.2, 0) is 19.1 Å². The summed E-state index contributed by atoms with van der Waals surface area (Å²) in [4.78, 5) is 28.5. The van der Waals surface area contributed by atoms with Crippen molar-refractivity contribution >= 4 is 11.9 Å². The molecule has 0 aromatic heterocycles. The van der Waals surface area contributed by atoms with Crippen LogP contribution in [0.2, 0.25) is 0 Å². The number of hydrogen-bond acceptors (Lipinski definition) is 7. The SMILES string of the molecule is CC/C=C/C=C\NCCN(CCCCCCOC(=O)C(CCCCCC)CCCCCCCC)CC(O)CCCCOC(=O)C(CCCCCC)CCCCCCCC. The minimum Gasteiger partial charge on any atom is -0.465 e. The molecule has 3 unspecified atom stereocenters. The number of aliphatic hydroxyl groups is 1. The molecule has 0 fully saturated rings. The molecule has 0 aliphatic rings. The zero-order valence-electron chi connectivity index (χ0n) is 39.9. The third-order valence-electron chi connectivity index (χ3n) is 11.8. The summed E-state index contributed by atoms with van der Waals surface area (Å²) >= 11 is 0. The fourth-order valence-electron chi connectivity index (χ4n) is 7.92. The van der Waals surface area contributed by atoms with Gasteiger partial charge in [-0.25, -0.2) is 0 Å². The summed E-state index contributed by atoms with van der Waals surface area (Å²) < 4.78 is 11.7. The molecule has 348 valence electrons. The van der Waals surface area contributed by atoms with E-state index in [9.17, 15) is 14.7 Å². The van der Waals surface area contributed by atoms with E-state index in [1.165, 1.54) is 103 Å². The second kappa shape index (κ2) is 45.7. The van der Waals surface area contributed by atoms with Crippen LogP contribution in [0.5, 0.6) is 0 Å². The smallest absolute Gasteiger partial charge is 0.308 e. The fraction of sp³-hybridized carbons (Fsp3) is 0.885. The standard InChI is InChI=1S/C52H100N2O5/c1-6-11-16-21-23-29-38-48(36-27-18-13-8-3)51(56)58-45-34-26-25-33-43-54(44-42-53-41-32-20-15-10-5)47-50(55)40-31-35-46-59-52(57)49(37-28-19-14-9-4)39-30-24-22-17-12-7-2/h15,20,32,41,48-50,53,55H,6-14,16-19,21-31,33-40,42-47H2,1-5H3/b20-15+,41-32-. The predicted octanol–water partition coefficient (Wildman–Crippen LogP) is 14.2. The van der Waals surface area contributed by atoms with Gasteiger partial charge in [0.2, 0.25) is 0 Å². The first kappa shape index (κ1) is 57.1. The molecule has 0 bridgehead atoms.